The van der Waals surface area contributed by atoms with Gasteiger partial charge in [-0.1, -0.05) is 6.07 Å². The van der Waals surface area contributed by atoms with Gasteiger partial charge in [0, 0.05) is 26.2 Å². The monoisotopic (exact) mass is 324 g/mol. The zero-order chi connectivity index (χ0) is 16.8. The molecule has 1 aliphatic carbocycles. The predicted molar refractivity (Wildman–Crippen MR) is 85.8 cm³/mol. The lowest BCUT2D eigenvalue weighted by molar-refractivity contribution is 0.134. The number of nitrogens with one attached hydrogen (secondary N) is 1. The number of aliphatic hydroxyl groups is 1. The molecule has 23 heavy (non-hydrogen) atoms. The molecule has 2 N–H and O–H groups in total. The Balaban J connectivity index is 1.83. The summed E-state index contributed by atoms with van der Waals surface area (Å²) in [6.07, 6.45) is 3.71. The highest BCUT2D eigenvalue weighted by molar-refractivity contribution is 5.74. The number of ether oxygens (including phenoxy) is 1. The lowest BCUT2D eigenvalue weighted by Crippen LogP contribution is -2.45. The summed E-state index contributed by atoms with van der Waals surface area (Å²) >= 11 is 0. The summed E-state index contributed by atoms with van der Waals surface area (Å²) in [4.78, 5) is 13.9. The number of nitrogens with zero attached hydrogens (tertiary/aromatic N) is 1. The molecule has 128 valence electrons. The quantitative estimate of drug-likeness (QED) is 0.875. The average Bonchev–Trinajstić information content (AvgIpc) is 2.59. The fourth-order valence-electron chi connectivity index (χ4n) is 3.00. The zero-order valence-corrected chi connectivity index (χ0v) is 13.7. The third kappa shape index (κ3) is 4.58. The van der Waals surface area contributed by atoms with Crippen molar-refractivity contribution in [3.63, 3.8) is 0 Å². The number of benzene rings is 1. The Hall–Kier alpha value is -1.82. The molecule has 0 saturated heterocycles. The Morgan fingerprint density at radius 2 is 2.09 bits per heavy atom. The molecule has 0 aliphatic heterocycles. The van der Waals surface area contributed by atoms with Gasteiger partial charge in [-0.3, -0.25) is 0 Å². The van der Waals surface area contributed by atoms with Gasteiger partial charge in [0.25, 0.3) is 0 Å². The van der Waals surface area contributed by atoms with Crippen LogP contribution in [0.3, 0.4) is 0 Å². The number of hydrogen-bond donors (Lipinski definition) is 2. The van der Waals surface area contributed by atoms with E-state index in [2.05, 4.69) is 5.32 Å². The fraction of sp³-hybridized carbons (Fsp3) is 0.588. The number of halogens is 1. The van der Waals surface area contributed by atoms with E-state index in [1.54, 1.807) is 24.1 Å². The summed E-state index contributed by atoms with van der Waals surface area (Å²) in [5.41, 5.74) is 0.689. The number of rotatable bonds is 5. The van der Waals surface area contributed by atoms with Crippen LogP contribution in [0.5, 0.6) is 5.75 Å². The molecule has 2 amide bonds. The Bertz CT molecular complexity index is 531. The van der Waals surface area contributed by atoms with Crippen LogP contribution < -0.4 is 10.1 Å². The Morgan fingerprint density at radius 1 is 1.39 bits per heavy atom. The minimum Gasteiger partial charge on any atom is -0.494 e. The number of amides is 2. The molecule has 0 radical (unpaired) electrons. The summed E-state index contributed by atoms with van der Waals surface area (Å²) in [5, 5.41) is 12.0. The Labute approximate surface area is 136 Å². The van der Waals surface area contributed by atoms with E-state index >= 15 is 0 Å². The smallest absolute Gasteiger partial charge is 0.317 e. The molecule has 6 heteroatoms. The Kier molecular flexibility index (Phi) is 6.21. The van der Waals surface area contributed by atoms with Gasteiger partial charge in [0.2, 0.25) is 0 Å². The van der Waals surface area contributed by atoms with Crippen LogP contribution in [-0.4, -0.2) is 42.8 Å². The van der Waals surface area contributed by atoms with Gasteiger partial charge in [0.1, 0.15) is 0 Å². The maximum Gasteiger partial charge on any atom is 0.317 e. The largest absolute Gasteiger partial charge is 0.494 e. The van der Waals surface area contributed by atoms with Crippen molar-refractivity contribution in [1.29, 1.82) is 0 Å². The lowest BCUT2D eigenvalue weighted by Gasteiger charge is -2.34. The van der Waals surface area contributed by atoms with Crippen LogP contribution >= 0.6 is 0 Å². The number of carbonyl (C=O) groups excluding carboxylic acids is 1. The van der Waals surface area contributed by atoms with Gasteiger partial charge >= 0.3 is 6.03 Å². The van der Waals surface area contributed by atoms with Gasteiger partial charge in [-0.25, -0.2) is 9.18 Å². The van der Waals surface area contributed by atoms with Crippen LogP contribution in [0, 0.1) is 11.7 Å². The first kappa shape index (κ1) is 17.5. The number of carbonyl (C=O) groups is 1. The standard InChI is InChI=1S/C17H25FN2O3/c1-20(14-6-3-12(11-21)4-7-14)17(22)19-10-13-5-8-16(23-2)15(18)9-13/h5,8-9,12,14,21H,3-4,6-7,10-11H2,1-2H3,(H,19,22). The Morgan fingerprint density at radius 3 is 2.65 bits per heavy atom. The van der Waals surface area contributed by atoms with Crippen molar-refractivity contribution in [1.82, 2.24) is 10.2 Å². The molecule has 1 aromatic carbocycles. The second kappa shape index (κ2) is 8.15. The van der Waals surface area contributed by atoms with Crippen LogP contribution in [0.25, 0.3) is 0 Å². The molecule has 0 unspecified atom stereocenters. The van der Waals surface area contributed by atoms with Crippen molar-refractivity contribution in [2.24, 2.45) is 5.92 Å². The minimum atomic E-state index is -0.435. The van der Waals surface area contributed by atoms with Crippen molar-refractivity contribution < 1.29 is 19.0 Å². The van der Waals surface area contributed by atoms with Gasteiger partial charge in [0.15, 0.2) is 11.6 Å². The minimum absolute atomic E-state index is 0.159. The van der Waals surface area contributed by atoms with Crippen molar-refractivity contribution >= 4 is 6.03 Å². The molecule has 2 rings (SSSR count). The van der Waals surface area contributed by atoms with E-state index in [1.807, 2.05) is 0 Å². The highest BCUT2D eigenvalue weighted by atomic mass is 19.1. The predicted octanol–water partition coefficient (Wildman–Crippen LogP) is 2.53. The third-order valence-electron chi connectivity index (χ3n) is 4.60. The van der Waals surface area contributed by atoms with Gasteiger partial charge < -0.3 is 20.1 Å². The van der Waals surface area contributed by atoms with E-state index in [9.17, 15) is 9.18 Å². The van der Waals surface area contributed by atoms with Crippen molar-refractivity contribution in [3.05, 3.63) is 29.6 Å². The first-order chi connectivity index (χ1) is 11.0. The van der Waals surface area contributed by atoms with Gasteiger partial charge in [-0.05, 0) is 49.3 Å². The topological polar surface area (TPSA) is 61.8 Å². The first-order valence-electron chi connectivity index (χ1n) is 7.99. The molecule has 0 atom stereocenters. The van der Waals surface area contributed by atoms with E-state index in [0.717, 1.165) is 25.7 Å². The SMILES string of the molecule is COc1ccc(CNC(=O)N(C)C2CCC(CO)CC2)cc1F. The number of urea groups is 1. The number of methoxy groups -OCH3 is 1. The van der Waals surface area contributed by atoms with Crippen molar-refractivity contribution in [2.45, 2.75) is 38.3 Å². The zero-order valence-electron chi connectivity index (χ0n) is 13.7. The van der Waals surface area contributed by atoms with E-state index in [-0.39, 0.29) is 31.0 Å². The van der Waals surface area contributed by atoms with E-state index in [0.29, 0.717) is 11.5 Å². The van der Waals surface area contributed by atoms with Gasteiger partial charge in [0.05, 0.1) is 7.11 Å². The molecule has 0 spiro atoms. The summed E-state index contributed by atoms with van der Waals surface area (Å²) in [5.74, 6) is 0.123. The van der Waals surface area contributed by atoms with Crippen molar-refractivity contribution in [3.8, 4) is 5.75 Å². The van der Waals surface area contributed by atoms with Crippen LogP contribution in [0.4, 0.5) is 9.18 Å². The third-order valence-corrected chi connectivity index (χ3v) is 4.60. The second-order valence-corrected chi connectivity index (χ2v) is 6.10. The molecule has 0 bridgehead atoms. The maximum absolute atomic E-state index is 13.6. The molecular formula is C17H25FN2O3. The van der Waals surface area contributed by atoms with E-state index in [4.69, 9.17) is 9.84 Å². The fourth-order valence-corrected chi connectivity index (χ4v) is 3.00. The van der Waals surface area contributed by atoms with Crippen LogP contribution in [0.2, 0.25) is 0 Å². The molecule has 1 saturated carbocycles. The van der Waals surface area contributed by atoms with E-state index in [1.165, 1.54) is 13.2 Å². The molecule has 1 fully saturated rings. The number of hydrogen-bond acceptors (Lipinski definition) is 3. The van der Waals surface area contributed by atoms with Crippen LogP contribution in [-0.2, 0) is 6.54 Å². The molecule has 5 nitrogen and oxygen atoms in total. The molecule has 0 heterocycles. The summed E-state index contributed by atoms with van der Waals surface area (Å²) < 4.78 is 18.5. The van der Waals surface area contributed by atoms with E-state index < -0.39 is 5.82 Å². The van der Waals surface area contributed by atoms with Crippen molar-refractivity contribution in [2.75, 3.05) is 20.8 Å². The highest BCUT2D eigenvalue weighted by Gasteiger charge is 2.26. The van der Waals surface area contributed by atoms with Gasteiger partial charge in [-0.15, -0.1) is 0 Å². The maximum atomic E-state index is 13.6. The molecule has 0 aromatic heterocycles. The van der Waals surface area contributed by atoms with Crippen LogP contribution in [0.15, 0.2) is 18.2 Å². The normalized spacial score (nSPS) is 20.9. The number of aliphatic hydroxyl groups excluding tert-OH is 1. The second-order valence-electron chi connectivity index (χ2n) is 6.10. The van der Waals surface area contributed by atoms with Crippen LogP contribution in [0.1, 0.15) is 31.2 Å². The van der Waals surface area contributed by atoms with Gasteiger partial charge in [-0.2, -0.15) is 0 Å². The summed E-state index contributed by atoms with van der Waals surface area (Å²) in [6.45, 7) is 0.502. The molecule has 1 aromatic rings. The molecule has 1 aliphatic rings. The average molecular weight is 324 g/mol. The summed E-state index contributed by atoms with van der Waals surface area (Å²) in [7, 11) is 3.20. The first-order valence-corrected chi connectivity index (χ1v) is 7.99. The highest BCUT2D eigenvalue weighted by Crippen LogP contribution is 2.26. The lowest BCUT2D eigenvalue weighted by atomic mass is 9.86. The summed E-state index contributed by atoms with van der Waals surface area (Å²) in [6, 6.07) is 4.69. The molecular weight excluding hydrogens is 299 g/mol.